The van der Waals surface area contributed by atoms with Gasteiger partial charge in [0.25, 0.3) is 0 Å². The number of pyridine rings is 1. The van der Waals surface area contributed by atoms with Gasteiger partial charge in [0.2, 0.25) is 0 Å². The molecule has 3 aromatic rings. The summed E-state index contributed by atoms with van der Waals surface area (Å²) in [5.41, 5.74) is 7.52. The van der Waals surface area contributed by atoms with Crippen LogP contribution in [0.5, 0.6) is 0 Å². The molecule has 0 spiro atoms. The predicted octanol–water partition coefficient (Wildman–Crippen LogP) is 4.03. The van der Waals surface area contributed by atoms with Gasteiger partial charge in [0.1, 0.15) is 23.0 Å². The number of nitrogen functional groups attached to an aromatic ring is 1. The Morgan fingerprint density at radius 2 is 1.79 bits per heavy atom. The fourth-order valence-electron chi connectivity index (χ4n) is 1.94. The summed E-state index contributed by atoms with van der Waals surface area (Å²) in [5, 5.41) is 0.895. The lowest BCUT2D eigenvalue weighted by atomic mass is 10.1. The summed E-state index contributed by atoms with van der Waals surface area (Å²) in [6.45, 7) is 0. The molecule has 0 atom stereocenters. The molecule has 0 saturated carbocycles. The van der Waals surface area contributed by atoms with Crippen LogP contribution in [0.3, 0.4) is 0 Å². The number of hydrogen-bond acceptors (Lipinski definition) is 2. The predicted molar refractivity (Wildman–Crippen MR) is 75.0 cm³/mol. The molecule has 3 rings (SSSR count). The first-order valence-electron chi connectivity index (χ1n) is 5.45. The third kappa shape index (κ3) is 1.93. The smallest absolute Gasteiger partial charge is 0.140 e. The third-order valence-electron chi connectivity index (χ3n) is 2.82. The van der Waals surface area contributed by atoms with Gasteiger partial charge in [-0.1, -0.05) is 29.3 Å². The fourth-order valence-corrected chi connectivity index (χ4v) is 2.52. The lowest BCUT2D eigenvalue weighted by molar-refractivity contribution is 0.619. The first kappa shape index (κ1) is 12.3. The van der Waals surface area contributed by atoms with E-state index in [1.807, 2.05) is 0 Å². The molecule has 0 radical (unpaired) electrons. The van der Waals surface area contributed by atoms with E-state index in [0.717, 1.165) is 0 Å². The highest BCUT2D eigenvalue weighted by atomic mass is 35.5. The zero-order chi connectivity index (χ0) is 13.6. The molecule has 2 aromatic heterocycles. The number of nitrogens with zero attached hydrogens (tertiary/aromatic N) is 2. The average Bonchev–Trinajstić information content (AvgIpc) is 2.67. The first-order valence-corrected chi connectivity index (χ1v) is 6.21. The minimum absolute atomic E-state index is 0.296. The Kier molecular flexibility index (Phi) is 2.84. The molecule has 0 saturated heterocycles. The maximum absolute atomic E-state index is 13.2. The van der Waals surface area contributed by atoms with Crippen molar-refractivity contribution in [3.8, 4) is 11.3 Å². The molecular formula is C13H8Cl2FN3. The van der Waals surface area contributed by atoms with Crippen LogP contribution in [0.15, 0.2) is 36.5 Å². The molecular weight excluding hydrogens is 288 g/mol. The Morgan fingerprint density at radius 1 is 1.11 bits per heavy atom. The topological polar surface area (TPSA) is 43.3 Å². The number of hydrogen-bond donors (Lipinski definition) is 1. The number of nitrogens with two attached hydrogens (primary N) is 1. The van der Waals surface area contributed by atoms with Gasteiger partial charge in [-0.3, -0.25) is 4.40 Å². The van der Waals surface area contributed by atoms with Crippen molar-refractivity contribution in [1.29, 1.82) is 0 Å². The van der Waals surface area contributed by atoms with Crippen molar-refractivity contribution < 1.29 is 4.39 Å². The molecule has 0 unspecified atom stereocenters. The molecule has 0 aliphatic carbocycles. The molecule has 6 heteroatoms. The second-order valence-corrected chi connectivity index (χ2v) is 4.83. The van der Waals surface area contributed by atoms with E-state index in [9.17, 15) is 4.39 Å². The number of halogens is 3. The van der Waals surface area contributed by atoms with Gasteiger partial charge in [-0.2, -0.15) is 0 Å². The van der Waals surface area contributed by atoms with Crippen LogP contribution < -0.4 is 5.73 Å². The molecule has 2 N–H and O–H groups in total. The van der Waals surface area contributed by atoms with Crippen molar-refractivity contribution in [3.63, 3.8) is 0 Å². The van der Waals surface area contributed by atoms with E-state index in [-0.39, 0.29) is 0 Å². The van der Waals surface area contributed by atoms with E-state index >= 15 is 0 Å². The molecule has 0 fully saturated rings. The molecule has 96 valence electrons. The summed E-state index contributed by atoms with van der Waals surface area (Å²) in [6, 6.07) is 8.00. The van der Waals surface area contributed by atoms with Crippen molar-refractivity contribution in [1.82, 2.24) is 9.38 Å². The molecule has 0 aliphatic rings. The summed E-state index contributed by atoms with van der Waals surface area (Å²) >= 11 is 12.3. The van der Waals surface area contributed by atoms with Gasteiger partial charge in [-0.25, -0.2) is 9.37 Å². The maximum atomic E-state index is 13.2. The van der Waals surface area contributed by atoms with E-state index < -0.39 is 5.82 Å². The second-order valence-electron chi connectivity index (χ2n) is 4.02. The quantitative estimate of drug-likeness (QED) is 0.736. The number of benzene rings is 1. The Balaban J connectivity index is 2.35. The van der Waals surface area contributed by atoms with Gasteiger partial charge >= 0.3 is 0 Å². The summed E-state index contributed by atoms with van der Waals surface area (Å²) < 4.78 is 14.7. The number of rotatable bonds is 1. The normalized spacial score (nSPS) is 11.1. The van der Waals surface area contributed by atoms with E-state index in [0.29, 0.717) is 32.8 Å². The standard InChI is InChI=1S/C13H8Cl2FN3/c14-8-2-1-3-9(15)11(8)12-13(17)19-6-7(16)4-5-10(19)18-12/h1-6H,17H2. The summed E-state index contributed by atoms with van der Waals surface area (Å²) in [7, 11) is 0. The Hall–Kier alpha value is -1.78. The summed E-state index contributed by atoms with van der Waals surface area (Å²) in [4.78, 5) is 4.35. The molecule has 2 heterocycles. The zero-order valence-corrected chi connectivity index (χ0v) is 11.1. The number of aromatic nitrogens is 2. The van der Waals surface area contributed by atoms with Crippen molar-refractivity contribution in [2.75, 3.05) is 5.73 Å². The average molecular weight is 296 g/mol. The number of fused-ring (bicyclic) bond motifs is 1. The first-order chi connectivity index (χ1) is 9.08. The van der Waals surface area contributed by atoms with E-state index in [2.05, 4.69) is 4.98 Å². The van der Waals surface area contributed by atoms with Crippen LogP contribution in [-0.4, -0.2) is 9.38 Å². The van der Waals surface area contributed by atoms with Gasteiger partial charge in [0.15, 0.2) is 0 Å². The van der Waals surface area contributed by atoms with Crippen LogP contribution in [0, 0.1) is 5.82 Å². The third-order valence-corrected chi connectivity index (χ3v) is 3.45. The van der Waals surface area contributed by atoms with Gasteiger partial charge in [-0.15, -0.1) is 0 Å². The Bertz CT molecular complexity index is 763. The van der Waals surface area contributed by atoms with Crippen LogP contribution in [-0.2, 0) is 0 Å². The van der Waals surface area contributed by atoms with E-state index in [1.165, 1.54) is 16.7 Å². The largest absolute Gasteiger partial charge is 0.383 e. The van der Waals surface area contributed by atoms with Crippen LogP contribution in [0.1, 0.15) is 0 Å². The molecule has 3 nitrogen and oxygen atoms in total. The second kappa shape index (κ2) is 4.40. The number of anilines is 1. The van der Waals surface area contributed by atoms with E-state index in [4.69, 9.17) is 28.9 Å². The zero-order valence-electron chi connectivity index (χ0n) is 9.57. The van der Waals surface area contributed by atoms with Crippen LogP contribution in [0.4, 0.5) is 10.2 Å². The van der Waals surface area contributed by atoms with E-state index in [1.54, 1.807) is 24.3 Å². The van der Waals surface area contributed by atoms with Crippen LogP contribution in [0.25, 0.3) is 16.9 Å². The summed E-state index contributed by atoms with van der Waals surface area (Å²) in [6.07, 6.45) is 1.27. The number of imidazole rings is 1. The van der Waals surface area contributed by atoms with Gasteiger partial charge in [0, 0.05) is 11.8 Å². The molecule has 0 aliphatic heterocycles. The highest BCUT2D eigenvalue weighted by molar-refractivity contribution is 6.39. The highest BCUT2D eigenvalue weighted by Crippen LogP contribution is 2.37. The minimum Gasteiger partial charge on any atom is -0.383 e. The Labute approximate surface area is 118 Å². The van der Waals surface area contributed by atoms with Crippen molar-refractivity contribution >= 4 is 34.7 Å². The van der Waals surface area contributed by atoms with Crippen LogP contribution in [0.2, 0.25) is 10.0 Å². The van der Waals surface area contributed by atoms with Gasteiger partial charge < -0.3 is 5.73 Å². The van der Waals surface area contributed by atoms with Gasteiger partial charge in [-0.05, 0) is 24.3 Å². The molecule has 1 aromatic carbocycles. The Morgan fingerprint density at radius 3 is 2.47 bits per heavy atom. The summed E-state index contributed by atoms with van der Waals surface area (Å²) in [5.74, 6) is -0.0992. The molecule has 19 heavy (non-hydrogen) atoms. The maximum Gasteiger partial charge on any atom is 0.140 e. The lowest BCUT2D eigenvalue weighted by Gasteiger charge is -2.04. The lowest BCUT2D eigenvalue weighted by Crippen LogP contribution is -1.95. The van der Waals surface area contributed by atoms with Gasteiger partial charge in [0.05, 0.1) is 10.0 Å². The van der Waals surface area contributed by atoms with Crippen molar-refractivity contribution in [2.24, 2.45) is 0 Å². The highest BCUT2D eigenvalue weighted by Gasteiger charge is 2.17. The van der Waals surface area contributed by atoms with Crippen molar-refractivity contribution in [2.45, 2.75) is 0 Å². The fraction of sp³-hybridized carbons (Fsp3) is 0. The minimum atomic E-state index is -0.395. The monoisotopic (exact) mass is 295 g/mol. The molecule has 0 bridgehead atoms. The molecule has 0 amide bonds. The van der Waals surface area contributed by atoms with Crippen molar-refractivity contribution in [3.05, 3.63) is 52.4 Å². The van der Waals surface area contributed by atoms with Crippen LogP contribution >= 0.6 is 23.2 Å². The SMILES string of the molecule is Nc1c(-c2c(Cl)cccc2Cl)nc2ccc(F)cn12.